The fourth-order valence-corrected chi connectivity index (χ4v) is 4.70. The SMILES string of the molecule is COc1ccc(N2CCC(N3C[C@H](C(=O)O)[C@@H](C4CC4)C3)CC2)cc1. The van der Waals surface area contributed by atoms with Crippen molar-refractivity contribution in [1.82, 2.24) is 4.90 Å². The minimum absolute atomic E-state index is 0.146. The Kier molecular flexibility index (Phi) is 4.59. The number of nitrogens with zero attached hydrogens (tertiary/aromatic N) is 2. The Balaban J connectivity index is 1.34. The number of ether oxygens (including phenoxy) is 1. The summed E-state index contributed by atoms with van der Waals surface area (Å²) in [6.45, 7) is 3.83. The molecule has 3 aliphatic rings. The van der Waals surface area contributed by atoms with Crippen molar-refractivity contribution in [3.8, 4) is 5.75 Å². The van der Waals surface area contributed by atoms with Crippen molar-refractivity contribution >= 4 is 11.7 Å². The Morgan fingerprint density at radius 3 is 2.32 bits per heavy atom. The molecule has 2 aliphatic heterocycles. The summed E-state index contributed by atoms with van der Waals surface area (Å²) in [6, 6.07) is 8.82. The highest BCUT2D eigenvalue weighted by Gasteiger charge is 2.47. The average molecular weight is 344 g/mol. The number of benzene rings is 1. The summed E-state index contributed by atoms with van der Waals surface area (Å²) < 4.78 is 5.23. The predicted molar refractivity (Wildman–Crippen MR) is 97.1 cm³/mol. The molecule has 1 aliphatic carbocycles. The quantitative estimate of drug-likeness (QED) is 0.890. The molecule has 1 aromatic carbocycles. The minimum atomic E-state index is -0.588. The average Bonchev–Trinajstić information content (AvgIpc) is 3.40. The second kappa shape index (κ2) is 6.87. The fourth-order valence-electron chi connectivity index (χ4n) is 4.70. The molecule has 1 saturated carbocycles. The minimum Gasteiger partial charge on any atom is -0.497 e. The monoisotopic (exact) mass is 344 g/mol. The third kappa shape index (κ3) is 3.47. The lowest BCUT2D eigenvalue weighted by Crippen LogP contribution is -2.44. The molecule has 2 heterocycles. The van der Waals surface area contributed by atoms with Crippen LogP contribution in [0.3, 0.4) is 0 Å². The molecule has 5 nitrogen and oxygen atoms in total. The second-order valence-corrected chi connectivity index (χ2v) is 7.82. The lowest BCUT2D eigenvalue weighted by molar-refractivity contribution is -0.142. The van der Waals surface area contributed by atoms with E-state index in [2.05, 4.69) is 21.9 Å². The van der Waals surface area contributed by atoms with E-state index in [0.717, 1.165) is 44.8 Å². The van der Waals surface area contributed by atoms with E-state index >= 15 is 0 Å². The van der Waals surface area contributed by atoms with Crippen LogP contribution in [0.4, 0.5) is 5.69 Å². The van der Waals surface area contributed by atoms with Gasteiger partial charge in [-0.15, -0.1) is 0 Å². The maximum atomic E-state index is 11.6. The highest BCUT2D eigenvalue weighted by Crippen LogP contribution is 2.45. The summed E-state index contributed by atoms with van der Waals surface area (Å²) in [4.78, 5) is 16.5. The molecule has 0 spiro atoms. The van der Waals surface area contributed by atoms with Gasteiger partial charge >= 0.3 is 5.97 Å². The summed E-state index contributed by atoms with van der Waals surface area (Å²) in [5.41, 5.74) is 1.25. The predicted octanol–water partition coefficient (Wildman–Crippen LogP) is 2.71. The van der Waals surface area contributed by atoms with Gasteiger partial charge in [-0.05, 0) is 61.8 Å². The third-order valence-electron chi connectivity index (χ3n) is 6.36. The van der Waals surface area contributed by atoms with Gasteiger partial charge in [-0.2, -0.15) is 0 Å². The van der Waals surface area contributed by atoms with Gasteiger partial charge < -0.3 is 14.7 Å². The maximum absolute atomic E-state index is 11.6. The summed E-state index contributed by atoms with van der Waals surface area (Å²) >= 11 is 0. The number of methoxy groups -OCH3 is 1. The van der Waals surface area contributed by atoms with Gasteiger partial charge in [0.25, 0.3) is 0 Å². The van der Waals surface area contributed by atoms with Crippen LogP contribution in [0.25, 0.3) is 0 Å². The third-order valence-corrected chi connectivity index (χ3v) is 6.36. The largest absolute Gasteiger partial charge is 0.497 e. The standard InChI is InChI=1S/C20H28N2O3/c1-25-17-6-4-15(5-7-17)21-10-8-16(9-11-21)22-12-18(14-2-3-14)19(13-22)20(23)24/h4-7,14,16,18-19H,2-3,8-13H2,1H3,(H,23,24)/t18-,19+/m1/s1. The number of aliphatic carboxylic acids is 1. The van der Waals surface area contributed by atoms with Crippen LogP contribution in [0.1, 0.15) is 25.7 Å². The fraction of sp³-hybridized carbons (Fsp3) is 0.650. The summed E-state index contributed by atoms with van der Waals surface area (Å²) in [5.74, 6) is 1.21. The number of carboxylic acid groups (broad SMARTS) is 1. The zero-order chi connectivity index (χ0) is 17.4. The molecule has 2 saturated heterocycles. The highest BCUT2D eigenvalue weighted by atomic mass is 16.5. The first kappa shape index (κ1) is 16.7. The Morgan fingerprint density at radius 1 is 1.08 bits per heavy atom. The number of carbonyl (C=O) groups is 1. The molecule has 0 unspecified atom stereocenters. The smallest absolute Gasteiger partial charge is 0.308 e. The van der Waals surface area contributed by atoms with Crippen LogP contribution in [0.5, 0.6) is 5.75 Å². The Hall–Kier alpha value is -1.75. The van der Waals surface area contributed by atoms with Crippen molar-refractivity contribution in [2.45, 2.75) is 31.7 Å². The van der Waals surface area contributed by atoms with E-state index in [-0.39, 0.29) is 5.92 Å². The van der Waals surface area contributed by atoms with Crippen molar-refractivity contribution in [1.29, 1.82) is 0 Å². The molecule has 3 fully saturated rings. The van der Waals surface area contributed by atoms with E-state index < -0.39 is 5.97 Å². The van der Waals surface area contributed by atoms with Gasteiger partial charge in [-0.25, -0.2) is 0 Å². The first-order valence-electron chi connectivity index (χ1n) is 9.51. The number of anilines is 1. The van der Waals surface area contributed by atoms with Crippen molar-refractivity contribution in [3.63, 3.8) is 0 Å². The Morgan fingerprint density at radius 2 is 1.76 bits per heavy atom. The van der Waals surface area contributed by atoms with Crippen LogP contribution >= 0.6 is 0 Å². The molecule has 0 radical (unpaired) electrons. The zero-order valence-corrected chi connectivity index (χ0v) is 14.9. The molecule has 0 bridgehead atoms. The van der Waals surface area contributed by atoms with Crippen LogP contribution < -0.4 is 9.64 Å². The van der Waals surface area contributed by atoms with Crippen LogP contribution in [-0.2, 0) is 4.79 Å². The number of likely N-dealkylation sites (tertiary alicyclic amines) is 1. The lowest BCUT2D eigenvalue weighted by Gasteiger charge is -2.38. The van der Waals surface area contributed by atoms with Crippen LogP contribution in [0.15, 0.2) is 24.3 Å². The molecule has 4 rings (SSSR count). The van der Waals surface area contributed by atoms with Gasteiger partial charge in [0, 0.05) is 37.9 Å². The van der Waals surface area contributed by atoms with Crippen LogP contribution in [-0.4, -0.2) is 55.3 Å². The van der Waals surface area contributed by atoms with Crippen molar-refractivity contribution in [2.24, 2.45) is 17.8 Å². The molecule has 1 N–H and O–H groups in total. The first-order chi connectivity index (χ1) is 12.2. The van der Waals surface area contributed by atoms with Crippen molar-refractivity contribution in [2.75, 3.05) is 38.2 Å². The maximum Gasteiger partial charge on any atom is 0.308 e. The molecule has 136 valence electrons. The molecule has 1 aromatic rings. The second-order valence-electron chi connectivity index (χ2n) is 7.82. The number of hydrogen-bond donors (Lipinski definition) is 1. The van der Waals surface area contributed by atoms with Crippen LogP contribution in [0, 0.1) is 17.8 Å². The molecular weight excluding hydrogens is 316 g/mol. The van der Waals surface area contributed by atoms with Gasteiger partial charge in [0.15, 0.2) is 0 Å². The number of rotatable bonds is 5. The zero-order valence-electron chi connectivity index (χ0n) is 14.9. The van der Waals surface area contributed by atoms with E-state index in [1.807, 2.05) is 12.1 Å². The van der Waals surface area contributed by atoms with E-state index in [0.29, 0.717) is 17.9 Å². The molecule has 0 aromatic heterocycles. The van der Waals surface area contributed by atoms with E-state index in [1.54, 1.807) is 7.11 Å². The molecule has 25 heavy (non-hydrogen) atoms. The Bertz CT molecular complexity index is 606. The topological polar surface area (TPSA) is 53.0 Å². The van der Waals surface area contributed by atoms with Crippen LogP contribution in [0.2, 0.25) is 0 Å². The molecule has 5 heteroatoms. The number of carboxylic acids is 1. The first-order valence-corrected chi connectivity index (χ1v) is 9.51. The normalized spacial score (nSPS) is 28.3. The van der Waals surface area contributed by atoms with Gasteiger partial charge in [-0.1, -0.05) is 0 Å². The van der Waals surface area contributed by atoms with E-state index in [9.17, 15) is 9.90 Å². The Labute approximate surface area is 149 Å². The van der Waals surface area contributed by atoms with Gasteiger partial charge in [0.1, 0.15) is 5.75 Å². The summed E-state index contributed by atoms with van der Waals surface area (Å²) in [5, 5.41) is 9.56. The van der Waals surface area contributed by atoms with Gasteiger partial charge in [0.2, 0.25) is 0 Å². The summed E-state index contributed by atoms with van der Waals surface area (Å²) in [6.07, 6.45) is 4.71. The van der Waals surface area contributed by atoms with Crippen molar-refractivity contribution in [3.05, 3.63) is 24.3 Å². The van der Waals surface area contributed by atoms with Crippen molar-refractivity contribution < 1.29 is 14.6 Å². The van der Waals surface area contributed by atoms with Gasteiger partial charge in [0.05, 0.1) is 13.0 Å². The summed E-state index contributed by atoms with van der Waals surface area (Å²) in [7, 11) is 1.69. The lowest BCUT2D eigenvalue weighted by atomic mass is 9.92. The number of hydrogen-bond acceptors (Lipinski definition) is 4. The molecule has 2 atom stereocenters. The molecule has 0 amide bonds. The highest BCUT2D eigenvalue weighted by molar-refractivity contribution is 5.71. The molecular formula is C20H28N2O3. The van der Waals surface area contributed by atoms with E-state index in [1.165, 1.54) is 18.5 Å². The number of piperidine rings is 1. The van der Waals surface area contributed by atoms with Gasteiger partial charge in [-0.3, -0.25) is 9.69 Å². The van der Waals surface area contributed by atoms with E-state index in [4.69, 9.17) is 4.74 Å².